The van der Waals surface area contributed by atoms with Gasteiger partial charge in [-0.2, -0.15) is 0 Å². The maximum Gasteiger partial charge on any atom is 0.238 e. The summed E-state index contributed by atoms with van der Waals surface area (Å²) < 4.78 is 5.05. The third-order valence-electron chi connectivity index (χ3n) is 3.34. The normalized spacial score (nSPS) is 16.0. The minimum Gasteiger partial charge on any atom is -0.495 e. The lowest BCUT2D eigenvalue weighted by molar-refractivity contribution is -0.135. The topological polar surface area (TPSA) is 61.9 Å². The molecule has 2 rings (SSSR count). The zero-order valence-corrected chi connectivity index (χ0v) is 12.8. The number of methoxy groups -OCH3 is 1. The Bertz CT molecular complexity index is 550. The molecule has 0 aliphatic carbocycles. The zero-order chi connectivity index (χ0) is 15.4. The number of anilines is 1. The molecule has 0 unspecified atom stereocenters. The van der Waals surface area contributed by atoms with E-state index in [1.165, 1.54) is 7.11 Å². The third-order valence-corrected chi connectivity index (χ3v) is 3.63. The van der Waals surface area contributed by atoms with Gasteiger partial charge >= 0.3 is 0 Å². The van der Waals surface area contributed by atoms with E-state index < -0.39 is 0 Å². The molecule has 0 aromatic heterocycles. The Kier molecular flexibility index (Phi) is 5.03. The smallest absolute Gasteiger partial charge is 0.238 e. The molecule has 7 heteroatoms. The molecule has 0 radical (unpaired) electrons. The van der Waals surface area contributed by atoms with Gasteiger partial charge in [0.15, 0.2) is 0 Å². The summed E-state index contributed by atoms with van der Waals surface area (Å²) in [5.41, 5.74) is 0.603. The van der Waals surface area contributed by atoms with Crippen LogP contribution >= 0.6 is 11.6 Å². The Morgan fingerprint density at radius 1 is 1.43 bits per heavy atom. The lowest BCUT2D eigenvalue weighted by Gasteiger charge is -2.31. The molecule has 1 fully saturated rings. The van der Waals surface area contributed by atoms with Crippen molar-refractivity contribution in [1.82, 2.24) is 9.80 Å². The van der Waals surface area contributed by atoms with E-state index in [2.05, 4.69) is 5.32 Å². The number of carbonyl (C=O) groups is 2. The van der Waals surface area contributed by atoms with Crippen LogP contribution < -0.4 is 10.1 Å². The van der Waals surface area contributed by atoms with E-state index >= 15 is 0 Å². The first-order chi connectivity index (χ1) is 9.99. The number of nitrogens with one attached hydrogen (secondary N) is 1. The van der Waals surface area contributed by atoms with Crippen LogP contribution in [0.2, 0.25) is 5.02 Å². The Morgan fingerprint density at radius 3 is 2.81 bits per heavy atom. The lowest BCUT2D eigenvalue weighted by atomic mass is 10.3. The van der Waals surface area contributed by atoms with E-state index in [1.54, 1.807) is 30.1 Å². The first-order valence-corrected chi connectivity index (χ1v) is 6.97. The highest BCUT2D eigenvalue weighted by Gasteiger charge is 2.22. The van der Waals surface area contributed by atoms with E-state index in [4.69, 9.17) is 16.3 Å². The molecule has 1 heterocycles. The van der Waals surface area contributed by atoms with Crippen molar-refractivity contribution < 1.29 is 14.3 Å². The Balaban J connectivity index is 1.90. The Morgan fingerprint density at radius 2 is 2.19 bits per heavy atom. The molecule has 2 amide bonds. The second-order valence-corrected chi connectivity index (χ2v) is 5.33. The number of benzene rings is 1. The molecule has 1 aliphatic rings. The summed E-state index contributed by atoms with van der Waals surface area (Å²) in [6.07, 6.45) is 0. The highest BCUT2D eigenvalue weighted by Crippen LogP contribution is 2.27. The number of hydrogen-bond acceptors (Lipinski definition) is 4. The molecule has 1 aliphatic heterocycles. The fourth-order valence-electron chi connectivity index (χ4n) is 2.09. The molecule has 0 bridgehead atoms. The molecule has 1 N–H and O–H groups in total. The van der Waals surface area contributed by atoms with Crippen LogP contribution in [0.1, 0.15) is 0 Å². The minimum absolute atomic E-state index is 0.0292. The number of rotatable bonds is 4. The monoisotopic (exact) mass is 311 g/mol. The maximum atomic E-state index is 12.0. The van der Waals surface area contributed by atoms with Crippen molar-refractivity contribution in [3.8, 4) is 5.75 Å². The largest absolute Gasteiger partial charge is 0.495 e. The molecular weight excluding hydrogens is 294 g/mol. The molecular formula is C14H18ClN3O3. The third kappa shape index (κ3) is 4.09. The average Bonchev–Trinajstić information content (AvgIpc) is 2.43. The number of hydrogen-bond donors (Lipinski definition) is 1. The number of amides is 2. The molecule has 21 heavy (non-hydrogen) atoms. The van der Waals surface area contributed by atoms with Gasteiger partial charge in [0.25, 0.3) is 0 Å². The number of halogens is 1. The number of likely N-dealkylation sites (N-methyl/N-ethyl adjacent to an activating group) is 1. The average molecular weight is 312 g/mol. The summed E-state index contributed by atoms with van der Waals surface area (Å²) in [6, 6.07) is 5.04. The quantitative estimate of drug-likeness (QED) is 0.903. The van der Waals surface area contributed by atoms with Crippen LogP contribution in [0.3, 0.4) is 0 Å². The molecule has 1 aromatic rings. The Hall–Kier alpha value is -1.79. The number of piperazine rings is 1. The summed E-state index contributed by atoms with van der Waals surface area (Å²) >= 11 is 6.00. The molecule has 1 saturated heterocycles. The second-order valence-electron chi connectivity index (χ2n) is 4.92. The van der Waals surface area contributed by atoms with E-state index in [0.717, 1.165) is 0 Å². The zero-order valence-electron chi connectivity index (χ0n) is 12.1. The van der Waals surface area contributed by atoms with Gasteiger partial charge in [0.1, 0.15) is 5.75 Å². The molecule has 0 atom stereocenters. The van der Waals surface area contributed by atoms with Crippen molar-refractivity contribution >= 4 is 29.1 Å². The second kappa shape index (κ2) is 6.78. The van der Waals surface area contributed by atoms with Gasteiger partial charge in [0.05, 0.1) is 25.2 Å². The van der Waals surface area contributed by atoms with Crippen molar-refractivity contribution in [2.45, 2.75) is 0 Å². The van der Waals surface area contributed by atoms with Crippen molar-refractivity contribution in [1.29, 1.82) is 0 Å². The van der Waals surface area contributed by atoms with Gasteiger partial charge in [-0.05, 0) is 18.2 Å². The van der Waals surface area contributed by atoms with Crippen LogP contribution in [0.4, 0.5) is 5.69 Å². The Labute approximate surface area is 128 Å². The predicted octanol–water partition coefficient (Wildman–Crippen LogP) is 1.06. The van der Waals surface area contributed by atoms with Gasteiger partial charge in [-0.15, -0.1) is 0 Å². The predicted molar refractivity (Wildman–Crippen MR) is 80.7 cm³/mol. The summed E-state index contributed by atoms with van der Waals surface area (Å²) in [5.74, 6) is 0.412. The van der Waals surface area contributed by atoms with Crippen LogP contribution in [0.25, 0.3) is 0 Å². The first-order valence-electron chi connectivity index (χ1n) is 6.59. The van der Waals surface area contributed by atoms with Gasteiger partial charge in [-0.1, -0.05) is 11.6 Å². The van der Waals surface area contributed by atoms with Gasteiger partial charge in [0.2, 0.25) is 11.8 Å². The highest BCUT2D eigenvalue weighted by molar-refractivity contribution is 6.32. The molecule has 0 spiro atoms. The van der Waals surface area contributed by atoms with E-state index in [9.17, 15) is 9.59 Å². The lowest BCUT2D eigenvalue weighted by Crippen LogP contribution is -2.50. The van der Waals surface area contributed by atoms with Crippen LogP contribution in [-0.2, 0) is 9.59 Å². The standard InChI is InChI=1S/C14H18ClN3O3/c1-17-5-6-18(9-14(17)20)8-13(19)16-10-3-4-12(21-2)11(15)7-10/h3-4,7H,5-6,8-9H2,1-2H3,(H,16,19). The van der Waals surface area contributed by atoms with Crippen LogP contribution in [-0.4, -0.2) is 62.0 Å². The van der Waals surface area contributed by atoms with Crippen LogP contribution in [0.5, 0.6) is 5.75 Å². The SMILES string of the molecule is COc1ccc(NC(=O)CN2CCN(C)C(=O)C2)cc1Cl. The first kappa shape index (κ1) is 15.6. The van der Waals surface area contributed by atoms with Gasteiger partial charge < -0.3 is 15.0 Å². The van der Waals surface area contributed by atoms with E-state index in [-0.39, 0.29) is 24.9 Å². The van der Waals surface area contributed by atoms with Gasteiger partial charge in [0, 0.05) is 25.8 Å². The molecule has 6 nitrogen and oxygen atoms in total. The van der Waals surface area contributed by atoms with E-state index in [1.807, 2.05) is 4.90 Å². The van der Waals surface area contributed by atoms with Crippen molar-refractivity contribution in [3.63, 3.8) is 0 Å². The number of nitrogens with zero attached hydrogens (tertiary/aromatic N) is 2. The van der Waals surface area contributed by atoms with Crippen molar-refractivity contribution in [3.05, 3.63) is 23.2 Å². The molecule has 114 valence electrons. The minimum atomic E-state index is -0.173. The van der Waals surface area contributed by atoms with E-state index in [0.29, 0.717) is 29.5 Å². The van der Waals surface area contributed by atoms with Gasteiger partial charge in [-0.25, -0.2) is 0 Å². The molecule has 1 aromatic carbocycles. The fourth-order valence-corrected chi connectivity index (χ4v) is 2.35. The molecule has 0 saturated carbocycles. The van der Waals surface area contributed by atoms with Gasteiger partial charge in [-0.3, -0.25) is 14.5 Å². The van der Waals surface area contributed by atoms with Crippen LogP contribution in [0, 0.1) is 0 Å². The summed E-state index contributed by atoms with van der Waals surface area (Å²) in [7, 11) is 3.29. The highest BCUT2D eigenvalue weighted by atomic mass is 35.5. The fraction of sp³-hybridized carbons (Fsp3) is 0.429. The summed E-state index contributed by atoms with van der Waals surface area (Å²) in [5, 5.41) is 3.20. The maximum absolute atomic E-state index is 12.0. The summed E-state index contributed by atoms with van der Waals surface area (Å²) in [6.45, 7) is 1.79. The van der Waals surface area contributed by atoms with Crippen molar-refractivity contribution in [2.24, 2.45) is 0 Å². The van der Waals surface area contributed by atoms with Crippen LogP contribution in [0.15, 0.2) is 18.2 Å². The van der Waals surface area contributed by atoms with Crippen molar-refractivity contribution in [2.75, 3.05) is 45.7 Å². The number of ether oxygens (including phenoxy) is 1. The number of carbonyl (C=O) groups excluding carboxylic acids is 2. The summed E-state index contributed by atoms with van der Waals surface area (Å²) in [4.78, 5) is 27.0.